The van der Waals surface area contributed by atoms with E-state index in [-0.39, 0.29) is 25.2 Å². The molecule has 0 aromatic carbocycles. The lowest BCUT2D eigenvalue weighted by atomic mass is 10.0. The first-order valence-electron chi connectivity index (χ1n) is 24.8. The summed E-state index contributed by atoms with van der Waals surface area (Å²) >= 11 is 0. The van der Waals surface area contributed by atoms with Gasteiger partial charge in [0.25, 0.3) is 0 Å². The molecule has 0 bridgehead atoms. The van der Waals surface area contributed by atoms with Crippen molar-refractivity contribution in [3.8, 4) is 0 Å². The molecule has 0 rings (SSSR count). The summed E-state index contributed by atoms with van der Waals surface area (Å²) in [6.45, 7) is 3.98. The monoisotopic (exact) mass is 833 g/mol. The van der Waals surface area contributed by atoms with Gasteiger partial charge in [-0.3, -0.25) is 9.59 Å². The molecular formula is C55H92O5. The van der Waals surface area contributed by atoms with Crippen LogP contribution in [0.2, 0.25) is 0 Å². The number of hydrogen-bond donors (Lipinski definition) is 1. The molecule has 1 atom stereocenters. The Kier molecular flexibility index (Phi) is 47.5. The van der Waals surface area contributed by atoms with Crippen molar-refractivity contribution in [1.29, 1.82) is 0 Å². The first-order chi connectivity index (χ1) is 29.6. The van der Waals surface area contributed by atoms with Gasteiger partial charge >= 0.3 is 11.9 Å². The van der Waals surface area contributed by atoms with Crippen LogP contribution in [0.3, 0.4) is 0 Å². The predicted octanol–water partition coefficient (Wildman–Crippen LogP) is 16.4. The van der Waals surface area contributed by atoms with Gasteiger partial charge in [0.1, 0.15) is 6.61 Å². The molecule has 5 heteroatoms. The van der Waals surface area contributed by atoms with Crippen molar-refractivity contribution in [3.63, 3.8) is 0 Å². The van der Waals surface area contributed by atoms with Crippen LogP contribution in [-0.4, -0.2) is 36.4 Å². The number of ether oxygens (including phenoxy) is 2. The van der Waals surface area contributed by atoms with Crippen LogP contribution in [0.25, 0.3) is 0 Å². The van der Waals surface area contributed by atoms with E-state index in [1.54, 1.807) is 0 Å². The number of rotatable bonds is 44. The number of esters is 2. The summed E-state index contributed by atoms with van der Waals surface area (Å²) in [4.78, 5) is 24.4. The Morgan fingerprint density at radius 3 is 1.12 bits per heavy atom. The molecule has 0 saturated heterocycles. The summed E-state index contributed by atoms with van der Waals surface area (Å²) in [5.41, 5.74) is 0. The number of unbranched alkanes of at least 4 members (excludes halogenated alkanes) is 20. The van der Waals surface area contributed by atoms with Crippen molar-refractivity contribution in [1.82, 2.24) is 0 Å². The molecule has 60 heavy (non-hydrogen) atoms. The third-order valence-corrected chi connectivity index (χ3v) is 10.4. The van der Waals surface area contributed by atoms with Crippen molar-refractivity contribution in [3.05, 3.63) is 97.2 Å². The zero-order valence-corrected chi connectivity index (χ0v) is 38.9. The summed E-state index contributed by atoms with van der Waals surface area (Å²) in [5, 5.41) is 9.61. The molecule has 0 radical (unpaired) electrons. The van der Waals surface area contributed by atoms with Crippen LogP contribution in [0, 0.1) is 0 Å². The van der Waals surface area contributed by atoms with Crippen LogP contribution >= 0.6 is 0 Å². The normalized spacial score (nSPS) is 13.1. The molecule has 1 unspecified atom stereocenters. The van der Waals surface area contributed by atoms with Crippen molar-refractivity contribution in [2.24, 2.45) is 0 Å². The van der Waals surface area contributed by atoms with Crippen molar-refractivity contribution in [2.75, 3.05) is 13.2 Å². The molecule has 0 aliphatic carbocycles. The molecule has 0 aromatic rings. The summed E-state index contributed by atoms with van der Waals surface area (Å²) in [5.74, 6) is -0.645. The van der Waals surface area contributed by atoms with Gasteiger partial charge in [0.2, 0.25) is 0 Å². The highest BCUT2D eigenvalue weighted by molar-refractivity contribution is 5.70. The Balaban J connectivity index is 3.60. The predicted molar refractivity (Wildman–Crippen MR) is 260 cm³/mol. The van der Waals surface area contributed by atoms with Crippen molar-refractivity contribution >= 4 is 11.9 Å². The maximum atomic E-state index is 12.2. The molecule has 0 heterocycles. The van der Waals surface area contributed by atoms with E-state index in [2.05, 4.69) is 111 Å². The van der Waals surface area contributed by atoms with Crippen molar-refractivity contribution in [2.45, 2.75) is 225 Å². The highest BCUT2D eigenvalue weighted by Crippen LogP contribution is 2.14. The van der Waals surface area contributed by atoms with E-state index in [0.29, 0.717) is 12.8 Å². The van der Waals surface area contributed by atoms with Crippen molar-refractivity contribution < 1.29 is 24.2 Å². The highest BCUT2D eigenvalue weighted by atomic mass is 16.6. The van der Waals surface area contributed by atoms with Gasteiger partial charge in [-0.25, -0.2) is 0 Å². The number of aliphatic hydroxyl groups is 1. The van der Waals surface area contributed by atoms with E-state index in [1.807, 2.05) is 0 Å². The van der Waals surface area contributed by atoms with Gasteiger partial charge in [-0.1, -0.05) is 207 Å². The van der Waals surface area contributed by atoms with Crippen LogP contribution in [-0.2, 0) is 19.1 Å². The molecular weight excluding hydrogens is 741 g/mol. The third kappa shape index (κ3) is 47.5. The van der Waals surface area contributed by atoms with Crippen LogP contribution in [0.4, 0.5) is 0 Å². The fourth-order valence-electron chi connectivity index (χ4n) is 6.65. The van der Waals surface area contributed by atoms with Crippen LogP contribution in [0.15, 0.2) is 97.2 Å². The standard InChI is InChI=1S/C55H92O5/c1-3-5-7-9-11-13-15-17-19-21-23-25-26-27-28-30-31-33-35-37-39-41-43-45-47-49-54(57)59-52-53(51-56)60-55(58)50-48-46-44-42-40-38-36-34-32-29-24-22-20-18-16-14-12-10-8-6-4-2/h6,8,12,14-15,17-18,20-21,23-24,29,34,36,40,42,53,56H,3-5,7,9-11,13,16,19,22,25-28,30-33,35,37-39,41,43-52H2,1-2H3/b8-6-,14-12-,17-15-,20-18-,23-21-,29-24-,36-34-,42-40-. The molecule has 0 aliphatic heterocycles. The number of aliphatic hydroxyl groups excluding tert-OH is 1. The first kappa shape index (κ1) is 56.8. The minimum atomic E-state index is -0.802. The molecule has 0 aliphatic rings. The van der Waals surface area contributed by atoms with Gasteiger partial charge in [-0.05, 0) is 96.3 Å². The first-order valence-corrected chi connectivity index (χ1v) is 24.8. The highest BCUT2D eigenvalue weighted by Gasteiger charge is 2.16. The molecule has 0 spiro atoms. The van der Waals surface area contributed by atoms with Gasteiger partial charge in [0, 0.05) is 12.8 Å². The third-order valence-electron chi connectivity index (χ3n) is 10.4. The van der Waals surface area contributed by atoms with Crippen LogP contribution in [0.1, 0.15) is 219 Å². The molecule has 0 amide bonds. The second kappa shape index (κ2) is 50.2. The fraction of sp³-hybridized carbons (Fsp3) is 0.673. The van der Waals surface area contributed by atoms with Gasteiger partial charge in [0.15, 0.2) is 6.10 Å². The molecule has 342 valence electrons. The maximum Gasteiger partial charge on any atom is 0.306 e. The Labute approximate surface area is 370 Å². The van der Waals surface area contributed by atoms with Gasteiger partial charge < -0.3 is 14.6 Å². The second-order valence-electron chi connectivity index (χ2n) is 16.2. The molecule has 0 fully saturated rings. The lowest BCUT2D eigenvalue weighted by Crippen LogP contribution is -2.28. The van der Waals surface area contributed by atoms with E-state index in [4.69, 9.17) is 9.47 Å². The zero-order valence-electron chi connectivity index (χ0n) is 38.9. The Bertz CT molecular complexity index is 1170. The smallest absolute Gasteiger partial charge is 0.306 e. The molecule has 1 N–H and O–H groups in total. The average Bonchev–Trinajstić information content (AvgIpc) is 3.25. The van der Waals surface area contributed by atoms with E-state index >= 15 is 0 Å². The van der Waals surface area contributed by atoms with Crippen LogP contribution in [0.5, 0.6) is 0 Å². The lowest BCUT2D eigenvalue weighted by Gasteiger charge is -2.15. The van der Waals surface area contributed by atoms with Gasteiger partial charge in [-0.2, -0.15) is 0 Å². The number of carbonyl (C=O) groups is 2. The quantitative estimate of drug-likeness (QED) is 0.0376. The lowest BCUT2D eigenvalue weighted by molar-refractivity contribution is -0.161. The van der Waals surface area contributed by atoms with E-state index in [1.165, 1.54) is 109 Å². The SMILES string of the molecule is CC/C=C\C/C=C\C/C=C\C/C=C\C/C=C\C/C=C\CCCCC(=O)OC(CO)COC(=O)CCCCCCCCCCCCCCC/C=C\C/C=C\CCCCCCC. The number of carbonyl (C=O) groups excluding carboxylic acids is 2. The van der Waals surface area contributed by atoms with E-state index in [9.17, 15) is 14.7 Å². The molecule has 0 saturated carbocycles. The zero-order chi connectivity index (χ0) is 43.5. The molecule has 0 aromatic heterocycles. The Morgan fingerprint density at radius 2 is 0.717 bits per heavy atom. The minimum absolute atomic E-state index is 0.0889. The largest absolute Gasteiger partial charge is 0.462 e. The summed E-state index contributed by atoms with van der Waals surface area (Å²) in [6.07, 6.45) is 70.7. The van der Waals surface area contributed by atoms with E-state index in [0.717, 1.165) is 83.5 Å². The Morgan fingerprint density at radius 1 is 0.400 bits per heavy atom. The second-order valence-corrected chi connectivity index (χ2v) is 16.2. The van der Waals surface area contributed by atoms with Crippen LogP contribution < -0.4 is 0 Å². The average molecular weight is 833 g/mol. The summed E-state index contributed by atoms with van der Waals surface area (Å²) in [6, 6.07) is 0. The summed E-state index contributed by atoms with van der Waals surface area (Å²) in [7, 11) is 0. The van der Waals surface area contributed by atoms with E-state index < -0.39 is 6.10 Å². The number of hydrogen-bond acceptors (Lipinski definition) is 5. The fourth-order valence-corrected chi connectivity index (χ4v) is 6.65. The maximum absolute atomic E-state index is 12.2. The van der Waals surface area contributed by atoms with Gasteiger partial charge in [-0.15, -0.1) is 0 Å². The summed E-state index contributed by atoms with van der Waals surface area (Å²) < 4.78 is 10.6. The molecule has 5 nitrogen and oxygen atoms in total. The Hall–Kier alpha value is -3.18. The topological polar surface area (TPSA) is 72.8 Å². The van der Waals surface area contributed by atoms with Gasteiger partial charge in [0.05, 0.1) is 6.61 Å². The number of allylic oxidation sites excluding steroid dienone is 16. The minimum Gasteiger partial charge on any atom is -0.462 e.